The molecule has 3 rings (SSSR count). The summed E-state index contributed by atoms with van der Waals surface area (Å²) in [5.41, 5.74) is 0. The third-order valence-corrected chi connectivity index (χ3v) is 6.60. The fourth-order valence-corrected chi connectivity index (χ4v) is 5.65. The molecule has 1 saturated carbocycles. The highest BCUT2D eigenvalue weighted by molar-refractivity contribution is 7.89. The fraction of sp³-hybridized carbons (Fsp3) is 1.00. The molecule has 2 aliphatic heterocycles. The van der Waals surface area contributed by atoms with Crippen LogP contribution in [-0.2, 0) is 14.8 Å². The molecule has 0 aromatic heterocycles. The third-order valence-electron chi connectivity index (χ3n) is 4.61. The smallest absolute Gasteiger partial charge is 0.216 e. The molecule has 1 N–H and O–H groups in total. The Kier molecular flexibility index (Phi) is 4.12. The Labute approximate surface area is 115 Å². The zero-order valence-corrected chi connectivity index (χ0v) is 12.2. The van der Waals surface area contributed by atoms with Crippen LogP contribution in [0.25, 0.3) is 0 Å². The van der Waals surface area contributed by atoms with Gasteiger partial charge < -0.3 is 10.1 Å². The van der Waals surface area contributed by atoms with Crippen molar-refractivity contribution in [3.8, 4) is 0 Å². The van der Waals surface area contributed by atoms with E-state index in [1.165, 1.54) is 6.42 Å². The van der Waals surface area contributed by atoms with E-state index < -0.39 is 10.0 Å². The zero-order valence-electron chi connectivity index (χ0n) is 11.4. The summed E-state index contributed by atoms with van der Waals surface area (Å²) in [5, 5.41) is 3.29. The Balaban J connectivity index is 1.71. The molecule has 3 atom stereocenters. The Morgan fingerprint density at radius 2 is 2.00 bits per heavy atom. The Hall–Kier alpha value is -0.170. The maximum atomic E-state index is 12.6. The minimum atomic E-state index is -3.15. The van der Waals surface area contributed by atoms with E-state index in [0.717, 1.165) is 38.6 Å². The monoisotopic (exact) mass is 288 g/mol. The van der Waals surface area contributed by atoms with Crippen LogP contribution in [0.15, 0.2) is 0 Å². The van der Waals surface area contributed by atoms with Crippen molar-refractivity contribution in [3.63, 3.8) is 0 Å². The van der Waals surface area contributed by atoms with E-state index in [9.17, 15) is 8.42 Å². The molecule has 19 heavy (non-hydrogen) atoms. The topological polar surface area (TPSA) is 58.6 Å². The molecule has 0 amide bonds. The Bertz CT molecular complexity index is 404. The molecular weight excluding hydrogens is 264 g/mol. The number of fused-ring (bicyclic) bond motifs is 1. The molecule has 5 nitrogen and oxygen atoms in total. The van der Waals surface area contributed by atoms with E-state index >= 15 is 0 Å². The Morgan fingerprint density at radius 3 is 2.79 bits per heavy atom. The van der Waals surface area contributed by atoms with E-state index in [2.05, 4.69) is 5.32 Å². The molecule has 110 valence electrons. The lowest BCUT2D eigenvalue weighted by atomic mass is 9.91. The summed E-state index contributed by atoms with van der Waals surface area (Å²) in [5.74, 6) is 0.260. The summed E-state index contributed by atoms with van der Waals surface area (Å²) in [6.45, 7) is 2.05. The zero-order chi connectivity index (χ0) is 13.3. The first kappa shape index (κ1) is 13.8. The average Bonchev–Trinajstić information content (AvgIpc) is 2.90. The maximum absolute atomic E-state index is 12.6. The minimum Gasteiger partial charge on any atom is -0.375 e. The van der Waals surface area contributed by atoms with Gasteiger partial charge in [-0.1, -0.05) is 12.8 Å². The standard InChI is InChI=1S/C13H24N2O3S/c16-19(17,10-11-4-3-7-14-11)15-8-9-18-13-6-2-1-5-12(13)15/h11-14H,1-10H2. The van der Waals surface area contributed by atoms with Crippen LogP contribution < -0.4 is 5.32 Å². The van der Waals surface area contributed by atoms with Crippen molar-refractivity contribution >= 4 is 10.0 Å². The summed E-state index contributed by atoms with van der Waals surface area (Å²) in [4.78, 5) is 0. The van der Waals surface area contributed by atoms with Crippen LogP contribution in [0.5, 0.6) is 0 Å². The van der Waals surface area contributed by atoms with Crippen molar-refractivity contribution in [2.75, 3.05) is 25.4 Å². The van der Waals surface area contributed by atoms with Gasteiger partial charge >= 0.3 is 0 Å². The number of hydrogen-bond donors (Lipinski definition) is 1. The molecule has 3 fully saturated rings. The van der Waals surface area contributed by atoms with Gasteiger partial charge in [-0.25, -0.2) is 8.42 Å². The second-order valence-corrected chi connectivity index (χ2v) is 7.91. The fourth-order valence-electron chi connectivity index (χ4n) is 3.66. The Morgan fingerprint density at radius 1 is 1.16 bits per heavy atom. The van der Waals surface area contributed by atoms with E-state index in [1.54, 1.807) is 4.31 Å². The quantitative estimate of drug-likeness (QED) is 0.831. The molecule has 3 aliphatic rings. The van der Waals surface area contributed by atoms with E-state index in [0.29, 0.717) is 13.2 Å². The lowest BCUT2D eigenvalue weighted by molar-refractivity contribution is -0.0586. The van der Waals surface area contributed by atoms with Gasteiger partial charge in [-0.15, -0.1) is 0 Å². The molecule has 0 aromatic carbocycles. The van der Waals surface area contributed by atoms with Gasteiger partial charge in [0.25, 0.3) is 0 Å². The van der Waals surface area contributed by atoms with E-state index in [-0.39, 0.29) is 23.9 Å². The number of rotatable bonds is 3. The first-order valence-electron chi connectivity index (χ1n) is 7.51. The van der Waals surface area contributed by atoms with Crippen molar-refractivity contribution in [3.05, 3.63) is 0 Å². The van der Waals surface area contributed by atoms with Gasteiger partial charge in [-0.05, 0) is 32.2 Å². The van der Waals surface area contributed by atoms with Crippen LogP contribution in [-0.4, -0.2) is 56.4 Å². The van der Waals surface area contributed by atoms with Crippen molar-refractivity contribution in [1.29, 1.82) is 0 Å². The lowest BCUT2D eigenvalue weighted by Crippen LogP contribution is -2.56. The number of nitrogens with one attached hydrogen (secondary N) is 1. The average molecular weight is 288 g/mol. The molecule has 0 bridgehead atoms. The maximum Gasteiger partial charge on any atom is 0.216 e. The normalized spacial score (nSPS) is 37.2. The first-order valence-corrected chi connectivity index (χ1v) is 9.12. The molecule has 3 unspecified atom stereocenters. The highest BCUT2D eigenvalue weighted by Gasteiger charge is 2.40. The number of morpholine rings is 1. The van der Waals surface area contributed by atoms with Gasteiger partial charge in [-0.3, -0.25) is 0 Å². The van der Waals surface area contributed by atoms with Crippen LogP contribution >= 0.6 is 0 Å². The van der Waals surface area contributed by atoms with Gasteiger partial charge in [0.05, 0.1) is 24.5 Å². The molecular formula is C13H24N2O3S. The summed E-state index contributed by atoms with van der Waals surface area (Å²) < 4.78 is 32.8. The SMILES string of the molecule is O=S(=O)(CC1CCCN1)N1CCOC2CCCCC21. The van der Waals surface area contributed by atoms with Gasteiger partial charge in [0.2, 0.25) is 10.0 Å². The van der Waals surface area contributed by atoms with Gasteiger partial charge in [0.15, 0.2) is 0 Å². The number of hydrogen-bond acceptors (Lipinski definition) is 4. The number of ether oxygens (including phenoxy) is 1. The minimum absolute atomic E-state index is 0.0916. The van der Waals surface area contributed by atoms with Crippen LogP contribution in [0.3, 0.4) is 0 Å². The highest BCUT2D eigenvalue weighted by atomic mass is 32.2. The molecule has 2 heterocycles. The summed E-state index contributed by atoms with van der Waals surface area (Å²) >= 11 is 0. The van der Waals surface area contributed by atoms with Gasteiger partial charge in [0, 0.05) is 12.6 Å². The lowest BCUT2D eigenvalue weighted by Gasteiger charge is -2.43. The molecule has 0 spiro atoms. The highest BCUT2D eigenvalue weighted by Crippen LogP contribution is 2.30. The van der Waals surface area contributed by atoms with Crippen LogP contribution in [0.4, 0.5) is 0 Å². The second kappa shape index (κ2) is 5.68. The largest absolute Gasteiger partial charge is 0.375 e. The molecule has 2 saturated heterocycles. The van der Waals surface area contributed by atoms with Crippen LogP contribution in [0.1, 0.15) is 38.5 Å². The number of nitrogens with zero attached hydrogens (tertiary/aromatic N) is 1. The molecule has 1 aliphatic carbocycles. The predicted molar refractivity (Wildman–Crippen MR) is 73.5 cm³/mol. The van der Waals surface area contributed by atoms with Gasteiger partial charge in [-0.2, -0.15) is 4.31 Å². The first-order chi connectivity index (χ1) is 9.17. The molecule has 0 aromatic rings. The predicted octanol–water partition coefficient (Wildman–Crippen LogP) is 0.712. The third kappa shape index (κ3) is 2.96. The van der Waals surface area contributed by atoms with Crippen LogP contribution in [0, 0.1) is 0 Å². The molecule has 0 radical (unpaired) electrons. The molecule has 6 heteroatoms. The van der Waals surface area contributed by atoms with Crippen molar-refractivity contribution in [1.82, 2.24) is 9.62 Å². The van der Waals surface area contributed by atoms with Crippen molar-refractivity contribution in [2.24, 2.45) is 0 Å². The van der Waals surface area contributed by atoms with E-state index in [4.69, 9.17) is 4.74 Å². The summed E-state index contributed by atoms with van der Waals surface area (Å²) in [6.07, 6.45) is 6.47. The number of sulfonamides is 1. The van der Waals surface area contributed by atoms with E-state index in [1.807, 2.05) is 0 Å². The second-order valence-electron chi connectivity index (χ2n) is 5.94. The summed E-state index contributed by atoms with van der Waals surface area (Å²) in [6, 6.07) is 0.240. The van der Waals surface area contributed by atoms with Crippen molar-refractivity contribution in [2.45, 2.75) is 56.7 Å². The van der Waals surface area contributed by atoms with Gasteiger partial charge in [0.1, 0.15) is 0 Å². The summed E-state index contributed by atoms with van der Waals surface area (Å²) in [7, 11) is -3.15. The van der Waals surface area contributed by atoms with Crippen LogP contribution in [0.2, 0.25) is 0 Å². The van der Waals surface area contributed by atoms with Crippen molar-refractivity contribution < 1.29 is 13.2 Å².